The van der Waals surface area contributed by atoms with E-state index in [1.54, 1.807) is 18.3 Å². The Morgan fingerprint density at radius 2 is 2.44 bits per heavy atom. The normalized spacial score (nSPS) is 20.4. The first kappa shape index (κ1) is 11.4. The summed E-state index contributed by atoms with van der Waals surface area (Å²) >= 11 is 5.72. The number of halogens is 1. The van der Waals surface area contributed by atoms with Crippen LogP contribution in [0.15, 0.2) is 18.3 Å². The molecule has 1 aromatic heterocycles. The first-order chi connectivity index (χ1) is 7.75. The number of hydrogen-bond acceptors (Lipinski definition) is 3. The molecule has 0 bridgehead atoms. The summed E-state index contributed by atoms with van der Waals surface area (Å²) in [6, 6.07) is 3.31. The van der Waals surface area contributed by atoms with Crippen LogP contribution in [-0.4, -0.2) is 23.6 Å². The molecule has 0 aromatic carbocycles. The maximum atomic E-state index is 11.8. The fourth-order valence-corrected chi connectivity index (χ4v) is 1.82. The minimum Gasteiger partial charge on any atom is -0.368 e. The molecule has 5 heteroatoms. The third kappa shape index (κ3) is 2.93. The Morgan fingerprint density at radius 1 is 1.56 bits per heavy atom. The lowest BCUT2D eigenvalue weighted by atomic mass is 10.1. The Bertz CT molecular complexity index is 378. The molecular weight excluding hydrogens is 228 g/mol. The van der Waals surface area contributed by atoms with Crippen molar-refractivity contribution in [2.24, 2.45) is 0 Å². The molecule has 4 nitrogen and oxygen atoms in total. The largest absolute Gasteiger partial charge is 0.368 e. The van der Waals surface area contributed by atoms with Gasteiger partial charge in [-0.3, -0.25) is 4.79 Å². The number of nitrogens with one attached hydrogen (secondary N) is 1. The van der Waals surface area contributed by atoms with Crippen molar-refractivity contribution in [3.8, 4) is 0 Å². The molecule has 1 N–H and O–H groups in total. The lowest BCUT2D eigenvalue weighted by Gasteiger charge is -2.21. The van der Waals surface area contributed by atoms with Gasteiger partial charge in [-0.25, -0.2) is 4.98 Å². The molecule has 1 amide bonds. The predicted molar refractivity (Wildman–Crippen MR) is 61.5 cm³/mol. The number of rotatable bonds is 2. The van der Waals surface area contributed by atoms with Gasteiger partial charge in [-0.05, 0) is 31.4 Å². The molecule has 86 valence electrons. The van der Waals surface area contributed by atoms with Crippen LogP contribution in [0.3, 0.4) is 0 Å². The summed E-state index contributed by atoms with van der Waals surface area (Å²) in [6.45, 7) is 0.662. The number of anilines is 1. The van der Waals surface area contributed by atoms with Gasteiger partial charge in [-0.2, -0.15) is 0 Å². The molecule has 16 heavy (non-hydrogen) atoms. The van der Waals surface area contributed by atoms with Crippen molar-refractivity contribution < 1.29 is 9.53 Å². The van der Waals surface area contributed by atoms with Crippen LogP contribution in [0.4, 0.5) is 5.69 Å². The van der Waals surface area contributed by atoms with E-state index >= 15 is 0 Å². The van der Waals surface area contributed by atoms with Crippen molar-refractivity contribution in [2.45, 2.75) is 25.4 Å². The van der Waals surface area contributed by atoms with Crippen LogP contribution in [0, 0.1) is 0 Å². The van der Waals surface area contributed by atoms with E-state index in [4.69, 9.17) is 16.3 Å². The number of amides is 1. The highest BCUT2D eigenvalue weighted by Gasteiger charge is 2.21. The van der Waals surface area contributed by atoms with E-state index in [-0.39, 0.29) is 12.0 Å². The molecule has 0 saturated carbocycles. The third-order valence-electron chi connectivity index (χ3n) is 2.47. The van der Waals surface area contributed by atoms with E-state index in [1.807, 2.05) is 0 Å². The molecule has 1 aliphatic rings. The SMILES string of the molecule is O=C(Nc1ccnc(Cl)c1)C1CCCCO1. The van der Waals surface area contributed by atoms with Gasteiger partial charge in [0.2, 0.25) is 0 Å². The molecule has 1 atom stereocenters. The third-order valence-corrected chi connectivity index (χ3v) is 2.67. The van der Waals surface area contributed by atoms with Gasteiger partial charge >= 0.3 is 0 Å². The second-order valence-corrected chi connectivity index (χ2v) is 4.10. The van der Waals surface area contributed by atoms with E-state index in [0.717, 1.165) is 19.3 Å². The van der Waals surface area contributed by atoms with Gasteiger partial charge in [0, 0.05) is 18.5 Å². The van der Waals surface area contributed by atoms with E-state index in [1.165, 1.54) is 0 Å². The quantitative estimate of drug-likeness (QED) is 0.807. The first-order valence-corrected chi connectivity index (χ1v) is 5.67. The van der Waals surface area contributed by atoms with Gasteiger partial charge in [0.1, 0.15) is 11.3 Å². The van der Waals surface area contributed by atoms with Crippen molar-refractivity contribution in [3.05, 3.63) is 23.5 Å². The minimum absolute atomic E-state index is 0.109. The lowest BCUT2D eigenvalue weighted by Crippen LogP contribution is -2.33. The number of pyridine rings is 1. The highest BCUT2D eigenvalue weighted by molar-refractivity contribution is 6.29. The summed E-state index contributed by atoms with van der Waals surface area (Å²) in [7, 11) is 0. The summed E-state index contributed by atoms with van der Waals surface area (Å²) in [4.78, 5) is 15.6. The zero-order valence-electron chi connectivity index (χ0n) is 8.78. The van der Waals surface area contributed by atoms with Crippen LogP contribution in [0.2, 0.25) is 5.15 Å². The molecule has 1 fully saturated rings. The van der Waals surface area contributed by atoms with E-state index in [9.17, 15) is 4.79 Å². The molecule has 0 spiro atoms. The number of carbonyl (C=O) groups is 1. The fourth-order valence-electron chi connectivity index (χ4n) is 1.65. The topological polar surface area (TPSA) is 51.2 Å². The summed E-state index contributed by atoms with van der Waals surface area (Å²) in [5.41, 5.74) is 0.652. The van der Waals surface area contributed by atoms with Crippen molar-refractivity contribution in [1.82, 2.24) is 4.98 Å². The van der Waals surface area contributed by atoms with Gasteiger partial charge in [0.25, 0.3) is 5.91 Å². The Kier molecular flexibility index (Phi) is 3.74. The highest BCUT2D eigenvalue weighted by Crippen LogP contribution is 2.16. The average molecular weight is 241 g/mol. The molecule has 1 aliphatic heterocycles. The highest BCUT2D eigenvalue weighted by atomic mass is 35.5. The van der Waals surface area contributed by atoms with Crippen LogP contribution in [-0.2, 0) is 9.53 Å². The molecular formula is C11H13ClN2O2. The van der Waals surface area contributed by atoms with Crippen molar-refractivity contribution >= 4 is 23.2 Å². The lowest BCUT2D eigenvalue weighted by molar-refractivity contribution is -0.129. The number of aromatic nitrogens is 1. The summed E-state index contributed by atoms with van der Waals surface area (Å²) < 4.78 is 5.38. The van der Waals surface area contributed by atoms with Crippen molar-refractivity contribution in [3.63, 3.8) is 0 Å². The number of ether oxygens (including phenoxy) is 1. The van der Waals surface area contributed by atoms with Crippen LogP contribution in [0.1, 0.15) is 19.3 Å². The Labute approximate surface area is 99.0 Å². The zero-order chi connectivity index (χ0) is 11.4. The van der Waals surface area contributed by atoms with Crippen molar-refractivity contribution in [2.75, 3.05) is 11.9 Å². The van der Waals surface area contributed by atoms with Crippen LogP contribution in [0.5, 0.6) is 0 Å². The van der Waals surface area contributed by atoms with Gasteiger partial charge in [-0.15, -0.1) is 0 Å². The van der Waals surface area contributed by atoms with Crippen LogP contribution >= 0.6 is 11.6 Å². The Hall–Kier alpha value is -1.13. The van der Waals surface area contributed by atoms with Gasteiger partial charge in [0.15, 0.2) is 0 Å². The average Bonchev–Trinajstić information content (AvgIpc) is 2.30. The number of hydrogen-bond donors (Lipinski definition) is 1. The molecule has 2 rings (SSSR count). The zero-order valence-corrected chi connectivity index (χ0v) is 9.54. The molecule has 0 aliphatic carbocycles. The summed E-state index contributed by atoms with van der Waals surface area (Å²) in [5.74, 6) is -0.109. The molecule has 0 radical (unpaired) electrons. The van der Waals surface area contributed by atoms with Crippen molar-refractivity contribution in [1.29, 1.82) is 0 Å². The van der Waals surface area contributed by atoms with Gasteiger partial charge < -0.3 is 10.1 Å². The molecule has 2 heterocycles. The minimum atomic E-state index is -0.333. The van der Waals surface area contributed by atoms with Gasteiger partial charge in [0.05, 0.1) is 0 Å². The second-order valence-electron chi connectivity index (χ2n) is 3.71. The molecule has 1 aromatic rings. The Balaban J connectivity index is 1.96. The fraction of sp³-hybridized carbons (Fsp3) is 0.455. The monoisotopic (exact) mass is 240 g/mol. The maximum absolute atomic E-state index is 11.8. The second kappa shape index (κ2) is 5.27. The van der Waals surface area contributed by atoms with Crippen LogP contribution < -0.4 is 5.32 Å². The predicted octanol–water partition coefficient (Wildman–Crippen LogP) is 2.24. The molecule has 1 unspecified atom stereocenters. The summed E-state index contributed by atoms with van der Waals surface area (Å²) in [6.07, 6.45) is 4.07. The van der Waals surface area contributed by atoms with Crippen LogP contribution in [0.25, 0.3) is 0 Å². The summed E-state index contributed by atoms with van der Waals surface area (Å²) in [5, 5.41) is 3.13. The standard InChI is InChI=1S/C11H13ClN2O2/c12-10-7-8(4-5-13-10)14-11(15)9-3-1-2-6-16-9/h4-5,7,9H,1-3,6H2,(H,13,14,15). The van der Waals surface area contributed by atoms with E-state index in [0.29, 0.717) is 17.4 Å². The van der Waals surface area contributed by atoms with Gasteiger partial charge in [-0.1, -0.05) is 11.6 Å². The first-order valence-electron chi connectivity index (χ1n) is 5.30. The number of nitrogens with zero attached hydrogens (tertiary/aromatic N) is 1. The van der Waals surface area contributed by atoms with E-state index in [2.05, 4.69) is 10.3 Å². The smallest absolute Gasteiger partial charge is 0.253 e. The Morgan fingerprint density at radius 3 is 3.12 bits per heavy atom. The molecule has 1 saturated heterocycles. The van der Waals surface area contributed by atoms with E-state index < -0.39 is 0 Å². The number of carbonyl (C=O) groups excluding carboxylic acids is 1. The maximum Gasteiger partial charge on any atom is 0.253 e.